The number of amides is 1. The fourth-order valence-corrected chi connectivity index (χ4v) is 3.79. The second-order valence-electron chi connectivity index (χ2n) is 4.39. The Morgan fingerprint density at radius 2 is 2.40 bits per heavy atom. The zero-order valence-corrected chi connectivity index (χ0v) is 9.51. The fourth-order valence-electron chi connectivity index (χ4n) is 2.73. The maximum atomic E-state index is 11.7. The standard InChI is InChI=1S/C11H14N2OS/c1-6-4-7-9(15-6)2-3-13-10(14)5-8(12)11(7)13/h4,8,11H,2-3,5,12H2,1H3. The number of rotatable bonds is 0. The van der Waals surface area contributed by atoms with E-state index in [9.17, 15) is 4.79 Å². The molecule has 4 heteroatoms. The summed E-state index contributed by atoms with van der Waals surface area (Å²) in [4.78, 5) is 16.4. The summed E-state index contributed by atoms with van der Waals surface area (Å²) in [6.07, 6.45) is 1.52. The summed E-state index contributed by atoms with van der Waals surface area (Å²) in [7, 11) is 0. The van der Waals surface area contributed by atoms with Gasteiger partial charge in [-0.2, -0.15) is 0 Å². The van der Waals surface area contributed by atoms with Crippen molar-refractivity contribution in [1.29, 1.82) is 0 Å². The number of hydrogen-bond donors (Lipinski definition) is 1. The smallest absolute Gasteiger partial charge is 0.224 e. The highest BCUT2D eigenvalue weighted by Gasteiger charge is 2.42. The Morgan fingerprint density at radius 3 is 3.20 bits per heavy atom. The van der Waals surface area contributed by atoms with Crippen LogP contribution >= 0.6 is 11.3 Å². The molecule has 0 spiro atoms. The van der Waals surface area contributed by atoms with Crippen LogP contribution in [-0.4, -0.2) is 23.4 Å². The molecule has 0 aliphatic carbocycles. The first-order valence-electron chi connectivity index (χ1n) is 5.31. The zero-order valence-electron chi connectivity index (χ0n) is 8.69. The quantitative estimate of drug-likeness (QED) is 0.717. The van der Waals surface area contributed by atoms with Crippen LogP contribution in [0.4, 0.5) is 0 Å². The van der Waals surface area contributed by atoms with Crippen molar-refractivity contribution in [2.75, 3.05) is 6.54 Å². The molecule has 0 bridgehead atoms. The molecule has 0 aromatic carbocycles. The Bertz CT molecular complexity index is 426. The van der Waals surface area contributed by atoms with E-state index in [2.05, 4.69) is 13.0 Å². The summed E-state index contributed by atoms with van der Waals surface area (Å²) in [6, 6.07) is 2.35. The van der Waals surface area contributed by atoms with Crippen LogP contribution in [0.25, 0.3) is 0 Å². The lowest BCUT2D eigenvalue weighted by Crippen LogP contribution is -2.37. The van der Waals surface area contributed by atoms with Crippen LogP contribution in [0.1, 0.15) is 27.8 Å². The van der Waals surface area contributed by atoms with Gasteiger partial charge < -0.3 is 10.6 Å². The predicted octanol–water partition coefficient (Wildman–Crippen LogP) is 1.21. The van der Waals surface area contributed by atoms with Crippen molar-refractivity contribution in [2.45, 2.75) is 31.8 Å². The molecule has 15 heavy (non-hydrogen) atoms. The number of nitrogens with two attached hydrogens (primary N) is 1. The lowest BCUT2D eigenvalue weighted by Gasteiger charge is -2.31. The van der Waals surface area contributed by atoms with E-state index in [0.29, 0.717) is 6.42 Å². The Labute approximate surface area is 92.9 Å². The van der Waals surface area contributed by atoms with E-state index in [-0.39, 0.29) is 18.0 Å². The van der Waals surface area contributed by atoms with Crippen LogP contribution in [0.5, 0.6) is 0 Å². The molecule has 2 aliphatic rings. The second-order valence-corrected chi connectivity index (χ2v) is 5.73. The van der Waals surface area contributed by atoms with Gasteiger partial charge >= 0.3 is 0 Å². The first-order valence-corrected chi connectivity index (χ1v) is 6.12. The van der Waals surface area contributed by atoms with Gasteiger partial charge in [0.2, 0.25) is 5.91 Å². The molecule has 3 rings (SSSR count). The topological polar surface area (TPSA) is 46.3 Å². The number of hydrogen-bond acceptors (Lipinski definition) is 3. The number of carbonyl (C=O) groups excluding carboxylic acids is 1. The van der Waals surface area contributed by atoms with Gasteiger partial charge in [0.15, 0.2) is 0 Å². The van der Waals surface area contributed by atoms with Crippen molar-refractivity contribution >= 4 is 17.2 Å². The Hall–Kier alpha value is -0.870. The van der Waals surface area contributed by atoms with E-state index >= 15 is 0 Å². The molecule has 1 saturated heterocycles. The molecule has 1 aromatic heterocycles. The summed E-state index contributed by atoms with van der Waals surface area (Å²) < 4.78 is 0. The molecule has 1 fully saturated rings. The van der Waals surface area contributed by atoms with Crippen LogP contribution in [0, 0.1) is 6.92 Å². The maximum absolute atomic E-state index is 11.7. The van der Waals surface area contributed by atoms with E-state index in [1.54, 1.807) is 0 Å². The molecule has 2 N–H and O–H groups in total. The molecule has 2 atom stereocenters. The van der Waals surface area contributed by atoms with Crippen LogP contribution in [0.15, 0.2) is 6.07 Å². The molecule has 3 nitrogen and oxygen atoms in total. The molecule has 2 unspecified atom stereocenters. The van der Waals surface area contributed by atoms with Crippen molar-refractivity contribution in [3.05, 3.63) is 21.4 Å². The van der Waals surface area contributed by atoms with E-state index in [1.807, 2.05) is 16.2 Å². The SMILES string of the molecule is Cc1cc2c(s1)CCN1C(=O)CC(N)C21. The molecule has 0 saturated carbocycles. The highest BCUT2D eigenvalue weighted by Crippen LogP contribution is 2.40. The third kappa shape index (κ3) is 1.25. The Morgan fingerprint density at radius 1 is 1.60 bits per heavy atom. The average Bonchev–Trinajstić information content (AvgIpc) is 2.66. The summed E-state index contributed by atoms with van der Waals surface area (Å²) in [5.74, 6) is 0.224. The van der Waals surface area contributed by atoms with E-state index < -0.39 is 0 Å². The van der Waals surface area contributed by atoms with Gasteiger partial charge in [0.05, 0.1) is 6.04 Å². The third-order valence-corrected chi connectivity index (χ3v) is 4.46. The second kappa shape index (κ2) is 3.06. The third-order valence-electron chi connectivity index (χ3n) is 3.34. The van der Waals surface area contributed by atoms with Crippen LogP contribution in [-0.2, 0) is 11.2 Å². The van der Waals surface area contributed by atoms with Crippen molar-refractivity contribution in [1.82, 2.24) is 4.90 Å². The van der Waals surface area contributed by atoms with Crippen molar-refractivity contribution < 1.29 is 4.79 Å². The van der Waals surface area contributed by atoms with Crippen LogP contribution < -0.4 is 5.73 Å². The minimum absolute atomic E-state index is 0.00875. The van der Waals surface area contributed by atoms with Gasteiger partial charge in [-0.1, -0.05) is 0 Å². The molecule has 3 heterocycles. The van der Waals surface area contributed by atoms with Crippen molar-refractivity contribution in [2.24, 2.45) is 5.73 Å². The monoisotopic (exact) mass is 222 g/mol. The lowest BCUT2D eigenvalue weighted by molar-refractivity contribution is -0.129. The molecular weight excluding hydrogens is 208 g/mol. The molecule has 2 aliphatic heterocycles. The van der Waals surface area contributed by atoms with Crippen LogP contribution in [0.3, 0.4) is 0 Å². The minimum atomic E-state index is -0.00875. The molecule has 80 valence electrons. The van der Waals surface area contributed by atoms with E-state index in [1.165, 1.54) is 15.3 Å². The van der Waals surface area contributed by atoms with Crippen molar-refractivity contribution in [3.8, 4) is 0 Å². The van der Waals surface area contributed by atoms with Gasteiger partial charge in [0.25, 0.3) is 0 Å². The Kier molecular flexibility index (Phi) is 1.91. The molecule has 0 radical (unpaired) electrons. The normalized spacial score (nSPS) is 29.2. The number of thiophene rings is 1. The minimum Gasteiger partial charge on any atom is -0.334 e. The van der Waals surface area contributed by atoms with Gasteiger partial charge in [0, 0.05) is 28.8 Å². The fraction of sp³-hybridized carbons (Fsp3) is 0.545. The number of fused-ring (bicyclic) bond motifs is 3. The maximum Gasteiger partial charge on any atom is 0.224 e. The van der Waals surface area contributed by atoms with Crippen molar-refractivity contribution in [3.63, 3.8) is 0 Å². The van der Waals surface area contributed by atoms with E-state index in [4.69, 9.17) is 5.73 Å². The molecule has 1 aromatic rings. The summed E-state index contributed by atoms with van der Waals surface area (Å²) in [5, 5.41) is 0. The van der Waals surface area contributed by atoms with Gasteiger partial charge in [-0.05, 0) is 25.0 Å². The van der Waals surface area contributed by atoms with Gasteiger partial charge in [-0.15, -0.1) is 11.3 Å². The highest BCUT2D eigenvalue weighted by molar-refractivity contribution is 7.12. The highest BCUT2D eigenvalue weighted by atomic mass is 32.1. The zero-order chi connectivity index (χ0) is 10.6. The first-order chi connectivity index (χ1) is 7.16. The van der Waals surface area contributed by atoms with Gasteiger partial charge in [-0.3, -0.25) is 4.79 Å². The lowest BCUT2D eigenvalue weighted by atomic mass is 9.97. The van der Waals surface area contributed by atoms with Gasteiger partial charge in [-0.25, -0.2) is 0 Å². The largest absolute Gasteiger partial charge is 0.334 e. The predicted molar refractivity (Wildman–Crippen MR) is 59.8 cm³/mol. The first kappa shape index (κ1) is 9.36. The number of aryl methyl sites for hydroxylation is 1. The number of nitrogens with zero attached hydrogens (tertiary/aromatic N) is 1. The number of carbonyl (C=O) groups is 1. The van der Waals surface area contributed by atoms with E-state index in [0.717, 1.165) is 13.0 Å². The summed E-state index contributed by atoms with van der Waals surface area (Å²) >= 11 is 1.85. The summed E-state index contributed by atoms with van der Waals surface area (Å²) in [5.41, 5.74) is 7.35. The molecule has 1 amide bonds. The van der Waals surface area contributed by atoms with Gasteiger partial charge in [0.1, 0.15) is 0 Å². The summed E-state index contributed by atoms with van der Waals surface area (Å²) in [6.45, 7) is 2.97. The van der Waals surface area contributed by atoms with Crippen LogP contribution in [0.2, 0.25) is 0 Å². The molecular formula is C11H14N2OS. The Balaban J connectivity index is 2.08. The average molecular weight is 222 g/mol.